The van der Waals surface area contributed by atoms with Crippen molar-refractivity contribution < 1.29 is 9.84 Å². The van der Waals surface area contributed by atoms with Crippen LogP contribution in [-0.4, -0.2) is 39.8 Å². The Morgan fingerprint density at radius 1 is 1.40 bits per heavy atom. The minimum Gasteiger partial charge on any atom is -0.496 e. The van der Waals surface area contributed by atoms with E-state index in [9.17, 15) is 9.90 Å². The van der Waals surface area contributed by atoms with Gasteiger partial charge in [-0.15, -0.1) is 0 Å². The molecule has 1 atom stereocenters. The molecule has 0 radical (unpaired) electrons. The molecule has 0 amide bonds. The molecule has 25 heavy (non-hydrogen) atoms. The molecule has 3 aromatic rings. The summed E-state index contributed by atoms with van der Waals surface area (Å²) in [5.74, 6) is 2.00. The molecule has 0 bridgehead atoms. The topological polar surface area (TPSA) is 100 Å². The summed E-state index contributed by atoms with van der Waals surface area (Å²) in [5, 5.41) is 12.9. The molecule has 0 saturated heterocycles. The summed E-state index contributed by atoms with van der Waals surface area (Å²) in [6.07, 6.45) is 0. The third-order valence-corrected chi connectivity index (χ3v) is 5.24. The lowest BCUT2D eigenvalue weighted by Gasteiger charge is -2.13. The van der Waals surface area contributed by atoms with Crippen LogP contribution in [0.4, 0.5) is 5.82 Å². The van der Waals surface area contributed by atoms with E-state index in [1.54, 1.807) is 7.11 Å². The predicted octanol–water partition coefficient (Wildman–Crippen LogP) is 2.47. The van der Waals surface area contributed by atoms with Crippen LogP contribution in [0, 0.1) is 0 Å². The first-order valence-corrected chi connectivity index (χ1v) is 9.44. The first-order chi connectivity index (χ1) is 12.1. The number of benzene rings is 1. The van der Waals surface area contributed by atoms with Gasteiger partial charge in [0.1, 0.15) is 10.4 Å². The molecular formula is C16H18N4O3S2. The molecule has 7 nitrogen and oxygen atoms in total. The maximum Gasteiger partial charge on any atom is 0.306 e. The summed E-state index contributed by atoms with van der Waals surface area (Å²) in [6.45, 7) is 1.81. The largest absolute Gasteiger partial charge is 0.496 e. The highest BCUT2D eigenvalue weighted by Crippen LogP contribution is 2.29. The summed E-state index contributed by atoms with van der Waals surface area (Å²) >= 11 is 2.50. The fourth-order valence-corrected chi connectivity index (χ4v) is 3.79. The fraction of sp³-hybridized carbons (Fsp3) is 0.312. The number of thioether (sulfide) groups is 1. The van der Waals surface area contributed by atoms with Gasteiger partial charge in [0.2, 0.25) is 0 Å². The number of rotatable bonds is 7. The zero-order valence-electron chi connectivity index (χ0n) is 13.8. The molecular weight excluding hydrogens is 360 g/mol. The predicted molar refractivity (Wildman–Crippen MR) is 101 cm³/mol. The minimum atomic E-state index is -0.184. The fourth-order valence-electron chi connectivity index (χ4n) is 2.23. The van der Waals surface area contributed by atoms with Crippen molar-refractivity contribution in [3.05, 3.63) is 39.5 Å². The number of thiazole rings is 1. The normalized spacial score (nSPS) is 12.3. The van der Waals surface area contributed by atoms with Crippen LogP contribution in [0.3, 0.4) is 0 Å². The third kappa shape index (κ3) is 4.12. The molecule has 0 aliphatic carbocycles. The molecule has 2 heterocycles. The van der Waals surface area contributed by atoms with Crippen LogP contribution in [-0.2, 0) is 5.75 Å². The highest BCUT2D eigenvalue weighted by molar-refractivity contribution is 7.98. The van der Waals surface area contributed by atoms with E-state index in [2.05, 4.69) is 20.3 Å². The number of nitrogens with one attached hydrogen (secondary N) is 2. The van der Waals surface area contributed by atoms with Gasteiger partial charge in [-0.05, 0) is 13.0 Å². The molecule has 2 aromatic heterocycles. The van der Waals surface area contributed by atoms with Crippen LogP contribution in [0.5, 0.6) is 5.75 Å². The lowest BCUT2D eigenvalue weighted by atomic mass is 10.2. The second-order valence-corrected chi connectivity index (χ2v) is 7.30. The van der Waals surface area contributed by atoms with Crippen LogP contribution in [0.1, 0.15) is 12.5 Å². The Bertz CT molecular complexity index is 925. The third-order valence-electron chi connectivity index (χ3n) is 3.47. The highest BCUT2D eigenvalue weighted by atomic mass is 32.2. The lowest BCUT2D eigenvalue weighted by molar-refractivity contribution is 0.281. The number of anilines is 1. The monoisotopic (exact) mass is 378 g/mol. The number of aromatic amines is 1. The Morgan fingerprint density at radius 3 is 2.96 bits per heavy atom. The van der Waals surface area contributed by atoms with Gasteiger partial charge in [0, 0.05) is 17.4 Å². The zero-order chi connectivity index (χ0) is 17.8. The number of ether oxygens (including phenoxy) is 1. The van der Waals surface area contributed by atoms with Crippen molar-refractivity contribution in [1.29, 1.82) is 0 Å². The Morgan fingerprint density at radius 2 is 2.20 bits per heavy atom. The Labute approximate surface area is 152 Å². The van der Waals surface area contributed by atoms with E-state index in [1.165, 1.54) is 11.8 Å². The van der Waals surface area contributed by atoms with E-state index in [0.717, 1.165) is 22.6 Å². The molecule has 3 N–H and O–H groups in total. The van der Waals surface area contributed by atoms with E-state index < -0.39 is 0 Å². The quantitative estimate of drug-likeness (QED) is 0.429. The van der Waals surface area contributed by atoms with E-state index >= 15 is 0 Å². The van der Waals surface area contributed by atoms with E-state index in [4.69, 9.17) is 4.74 Å². The van der Waals surface area contributed by atoms with Gasteiger partial charge in [-0.1, -0.05) is 41.3 Å². The SMILES string of the molecule is COc1ccccc1CSc1nc(N[C@H](C)CO)c2sc(=O)[nH]c2n1. The number of hydrogen-bond acceptors (Lipinski definition) is 8. The second kappa shape index (κ2) is 7.85. The summed E-state index contributed by atoms with van der Waals surface area (Å²) in [5.41, 5.74) is 1.54. The number of methoxy groups -OCH3 is 1. The van der Waals surface area contributed by atoms with Gasteiger partial charge in [-0.25, -0.2) is 9.97 Å². The van der Waals surface area contributed by atoms with Crippen LogP contribution in [0.15, 0.2) is 34.2 Å². The maximum atomic E-state index is 11.7. The maximum absolute atomic E-state index is 11.7. The first kappa shape index (κ1) is 17.7. The van der Waals surface area contributed by atoms with Crippen molar-refractivity contribution in [2.24, 2.45) is 0 Å². The van der Waals surface area contributed by atoms with Gasteiger partial charge >= 0.3 is 4.87 Å². The van der Waals surface area contributed by atoms with Gasteiger partial charge in [-0.2, -0.15) is 0 Å². The van der Waals surface area contributed by atoms with Gasteiger partial charge in [0.05, 0.1) is 13.7 Å². The summed E-state index contributed by atoms with van der Waals surface area (Å²) in [4.78, 5) is 23.1. The zero-order valence-corrected chi connectivity index (χ0v) is 15.4. The van der Waals surface area contributed by atoms with Crippen LogP contribution < -0.4 is 14.9 Å². The minimum absolute atomic E-state index is 0.0332. The number of hydrogen-bond donors (Lipinski definition) is 3. The van der Waals surface area contributed by atoms with E-state index in [1.807, 2.05) is 31.2 Å². The van der Waals surface area contributed by atoms with Crippen molar-refractivity contribution in [3.8, 4) is 5.75 Å². The number of fused-ring (bicyclic) bond motifs is 1. The summed E-state index contributed by atoms with van der Waals surface area (Å²) in [7, 11) is 1.64. The highest BCUT2D eigenvalue weighted by Gasteiger charge is 2.14. The van der Waals surface area contributed by atoms with Crippen molar-refractivity contribution in [3.63, 3.8) is 0 Å². The summed E-state index contributed by atoms with van der Waals surface area (Å²) in [6, 6.07) is 7.59. The van der Waals surface area contributed by atoms with Gasteiger partial charge < -0.3 is 15.2 Å². The molecule has 0 aliphatic heterocycles. The van der Waals surface area contributed by atoms with Crippen LogP contribution in [0.25, 0.3) is 10.3 Å². The van der Waals surface area contributed by atoms with Gasteiger partial charge in [-0.3, -0.25) is 9.78 Å². The van der Waals surface area contributed by atoms with Gasteiger partial charge in [0.15, 0.2) is 16.6 Å². The van der Waals surface area contributed by atoms with E-state index in [0.29, 0.717) is 27.1 Å². The van der Waals surface area contributed by atoms with Crippen molar-refractivity contribution >= 4 is 39.3 Å². The average Bonchev–Trinajstić information content (AvgIpc) is 3.00. The first-order valence-electron chi connectivity index (χ1n) is 7.63. The van der Waals surface area contributed by atoms with Crippen LogP contribution in [0.2, 0.25) is 0 Å². The number of para-hydroxylation sites is 1. The second-order valence-electron chi connectivity index (χ2n) is 5.38. The number of aliphatic hydroxyl groups excluding tert-OH is 1. The Hall–Kier alpha value is -2.10. The molecule has 0 aliphatic rings. The number of H-pyrrole nitrogens is 1. The number of nitrogens with zero attached hydrogens (tertiary/aromatic N) is 2. The smallest absolute Gasteiger partial charge is 0.306 e. The van der Waals surface area contributed by atoms with E-state index in [-0.39, 0.29) is 17.5 Å². The molecule has 0 saturated carbocycles. The molecule has 0 spiro atoms. The lowest BCUT2D eigenvalue weighted by Crippen LogP contribution is -2.20. The number of aliphatic hydroxyl groups is 1. The van der Waals surface area contributed by atoms with Crippen LogP contribution >= 0.6 is 23.1 Å². The molecule has 132 valence electrons. The molecule has 9 heteroatoms. The Balaban J connectivity index is 1.89. The average molecular weight is 378 g/mol. The van der Waals surface area contributed by atoms with Gasteiger partial charge in [0.25, 0.3) is 0 Å². The molecule has 0 unspecified atom stereocenters. The van der Waals surface area contributed by atoms with Crippen molar-refractivity contribution in [2.75, 3.05) is 19.0 Å². The Kier molecular flexibility index (Phi) is 5.57. The van der Waals surface area contributed by atoms with Crippen molar-refractivity contribution in [2.45, 2.75) is 23.9 Å². The standard InChI is InChI=1S/C16H18N4O3S2/c1-9(7-21)17-13-12-14(20-16(22)25-12)19-15(18-13)24-8-10-5-3-4-6-11(10)23-2/h3-6,9,21H,7-8H2,1-2H3,(H2,17,18,19,20,22)/t9-/m1/s1. The number of aromatic nitrogens is 3. The van der Waals surface area contributed by atoms with Crippen molar-refractivity contribution in [1.82, 2.24) is 15.0 Å². The molecule has 1 aromatic carbocycles. The molecule has 3 rings (SSSR count). The molecule has 0 fully saturated rings. The summed E-state index contributed by atoms with van der Waals surface area (Å²) < 4.78 is 6.02.